The Morgan fingerprint density at radius 2 is 1.31 bits per heavy atom. The molecule has 0 spiro atoms. The topological polar surface area (TPSA) is 103 Å². The van der Waals surface area contributed by atoms with Gasteiger partial charge in [-0.1, -0.05) is 46.0 Å². The molecule has 0 fully saturated rings. The third-order valence-electron chi connectivity index (χ3n) is 3.24. The van der Waals surface area contributed by atoms with Gasteiger partial charge in [-0.2, -0.15) is 0 Å². The van der Waals surface area contributed by atoms with Crippen LogP contribution in [0.15, 0.2) is 0 Å². The molecule has 6 nitrogen and oxygen atoms in total. The summed E-state index contributed by atoms with van der Waals surface area (Å²) in [5.41, 5.74) is -0.592. The summed E-state index contributed by atoms with van der Waals surface area (Å²) < 4.78 is 27.7. The number of unbranched alkanes of at least 4 members (excludes halogenated alkanes) is 5. The van der Waals surface area contributed by atoms with Gasteiger partial charge >= 0.3 is 33.9 Å². The van der Waals surface area contributed by atoms with E-state index >= 15 is 0 Å². The quantitative estimate of drug-likeness (QED) is 0.145. The Labute approximate surface area is 168 Å². The number of ether oxygens (including phenoxy) is 1. The van der Waals surface area contributed by atoms with Crippen molar-refractivity contribution in [2.75, 3.05) is 0 Å². The SMILES string of the molecule is CCCCCC([CH][CH][CH]C=O)(CCCCC)O[C-]=O.[C-]#[O+].[C-]#[O+].[C-]#[O+].[Fe]. The smallest absolute Gasteiger partial charge is 0 e. The summed E-state index contributed by atoms with van der Waals surface area (Å²) in [6, 6.07) is 0. The van der Waals surface area contributed by atoms with Crippen molar-refractivity contribution in [2.45, 2.75) is 70.8 Å². The summed E-state index contributed by atoms with van der Waals surface area (Å²) in [4.78, 5) is 21.0. The van der Waals surface area contributed by atoms with Crippen molar-refractivity contribution in [1.29, 1.82) is 0 Å². The molecule has 26 heavy (non-hydrogen) atoms. The number of aldehydes is 1. The van der Waals surface area contributed by atoms with E-state index in [-0.39, 0.29) is 17.1 Å². The molecule has 0 aliphatic rings. The molecular weight excluding hydrogens is 380 g/mol. The molecule has 3 radical (unpaired) electrons. The second-order valence-electron chi connectivity index (χ2n) is 4.85. The Balaban J connectivity index is -0.000000189. The Kier molecular flexibility index (Phi) is 48.4. The Hall–Kier alpha value is -1.12. The van der Waals surface area contributed by atoms with E-state index in [9.17, 15) is 9.59 Å². The van der Waals surface area contributed by atoms with Crippen molar-refractivity contribution >= 4 is 12.8 Å². The molecule has 0 bridgehead atoms. The maximum atomic E-state index is 10.7. The van der Waals surface area contributed by atoms with Crippen molar-refractivity contribution in [1.82, 2.24) is 0 Å². The van der Waals surface area contributed by atoms with Crippen LogP contribution in [-0.2, 0) is 45.4 Å². The van der Waals surface area contributed by atoms with Crippen LogP contribution >= 0.6 is 0 Å². The molecule has 0 rings (SSSR count). The van der Waals surface area contributed by atoms with Crippen LogP contribution in [0.4, 0.5) is 0 Å². The first-order valence-electron chi connectivity index (χ1n) is 7.87. The summed E-state index contributed by atoms with van der Waals surface area (Å²) in [6.07, 6.45) is 13.7. The molecule has 0 unspecified atom stereocenters. The van der Waals surface area contributed by atoms with Crippen LogP contribution in [0, 0.1) is 39.2 Å². The molecule has 0 amide bonds. The third-order valence-corrected chi connectivity index (χ3v) is 3.24. The molecule has 0 aromatic rings. The predicted molar refractivity (Wildman–Crippen MR) is 88.5 cm³/mol. The van der Waals surface area contributed by atoms with E-state index in [2.05, 4.69) is 33.8 Å². The average molecular weight is 406 g/mol. The second kappa shape index (κ2) is 35.1. The first-order valence-corrected chi connectivity index (χ1v) is 7.87. The molecule has 0 N–H and O–H groups in total. The fourth-order valence-electron chi connectivity index (χ4n) is 2.14. The van der Waals surface area contributed by atoms with Gasteiger partial charge in [0, 0.05) is 29.9 Å². The van der Waals surface area contributed by atoms with Gasteiger partial charge in [0.25, 0.3) is 0 Å². The Bertz CT molecular complexity index is 314. The van der Waals surface area contributed by atoms with Gasteiger partial charge in [0.1, 0.15) is 6.29 Å². The Morgan fingerprint density at radius 3 is 1.62 bits per heavy atom. The monoisotopic (exact) mass is 406 g/mol. The fraction of sp³-hybridized carbons (Fsp3) is 0.579. The second-order valence-corrected chi connectivity index (χ2v) is 4.85. The largest absolute Gasteiger partial charge is 0 e. The molecule has 0 aliphatic heterocycles. The Morgan fingerprint density at radius 1 is 0.885 bits per heavy atom. The molecule has 0 aromatic carbocycles. The zero-order valence-electron chi connectivity index (χ0n) is 15.3. The van der Waals surface area contributed by atoms with Crippen LogP contribution in [0.3, 0.4) is 0 Å². The van der Waals surface area contributed by atoms with Crippen molar-refractivity contribution < 1.29 is 45.4 Å². The molecule has 0 heterocycles. The third kappa shape index (κ3) is 25.1. The van der Waals surface area contributed by atoms with Gasteiger partial charge in [-0.3, -0.25) is 0 Å². The van der Waals surface area contributed by atoms with Crippen LogP contribution in [0.25, 0.3) is 0 Å². The predicted octanol–water partition coefficient (Wildman–Crippen LogP) is 3.67. The zero-order valence-corrected chi connectivity index (χ0v) is 16.4. The summed E-state index contributed by atoms with van der Waals surface area (Å²) in [6.45, 7) is 19.4. The number of hydrogen-bond donors (Lipinski definition) is 0. The summed E-state index contributed by atoms with van der Waals surface area (Å²) in [7, 11) is 0. The van der Waals surface area contributed by atoms with E-state index in [1.165, 1.54) is 6.42 Å². The van der Waals surface area contributed by atoms with Crippen LogP contribution in [-0.4, -0.2) is 18.4 Å². The van der Waals surface area contributed by atoms with Gasteiger partial charge in [0.15, 0.2) is 0 Å². The summed E-state index contributed by atoms with van der Waals surface area (Å²) >= 11 is 0. The maximum absolute atomic E-state index is 10.7. The van der Waals surface area contributed by atoms with Gasteiger partial charge in [0.05, 0.1) is 5.60 Å². The van der Waals surface area contributed by atoms with E-state index in [1.54, 1.807) is 12.9 Å². The van der Waals surface area contributed by atoms with Gasteiger partial charge in [-0.15, -0.1) is 0 Å². The first kappa shape index (κ1) is 35.9. The van der Waals surface area contributed by atoms with Crippen LogP contribution in [0.5, 0.6) is 0 Å². The molecular formula is C19H26FeO6-. The molecule has 0 atom stereocenters. The van der Waals surface area contributed by atoms with Crippen LogP contribution in [0.2, 0.25) is 0 Å². The summed E-state index contributed by atoms with van der Waals surface area (Å²) in [5, 5.41) is 0. The number of carbonyl (C=O) groups is 1. The summed E-state index contributed by atoms with van der Waals surface area (Å²) in [5.74, 6) is 0. The molecule has 7 heteroatoms. The molecule has 0 saturated heterocycles. The van der Waals surface area contributed by atoms with Gasteiger partial charge < -0.3 is 14.3 Å². The minimum Gasteiger partial charge on any atom is 0 e. The average Bonchev–Trinajstić information content (AvgIpc) is 2.67. The molecule has 0 aliphatic carbocycles. The number of rotatable bonds is 14. The van der Waals surface area contributed by atoms with Crippen LogP contribution in [0.1, 0.15) is 65.2 Å². The van der Waals surface area contributed by atoms with E-state index in [1.807, 2.05) is 6.42 Å². The van der Waals surface area contributed by atoms with Gasteiger partial charge in [0.2, 0.25) is 0 Å². The fourth-order valence-corrected chi connectivity index (χ4v) is 2.14. The van der Waals surface area contributed by atoms with Crippen LogP contribution < -0.4 is 0 Å². The van der Waals surface area contributed by atoms with E-state index in [0.717, 1.165) is 57.7 Å². The minimum atomic E-state index is -0.592. The van der Waals surface area contributed by atoms with Gasteiger partial charge in [-0.25, -0.2) is 0 Å². The first-order chi connectivity index (χ1) is 12.2. The van der Waals surface area contributed by atoms with E-state index in [0.29, 0.717) is 0 Å². The van der Waals surface area contributed by atoms with Crippen molar-refractivity contribution in [3.63, 3.8) is 0 Å². The molecule has 0 saturated carbocycles. The minimum absolute atomic E-state index is 0. The van der Waals surface area contributed by atoms with Crippen molar-refractivity contribution in [2.24, 2.45) is 0 Å². The zero-order chi connectivity index (χ0) is 20.4. The van der Waals surface area contributed by atoms with E-state index in [4.69, 9.17) is 18.7 Å². The number of hydrogen-bond acceptors (Lipinski definition) is 3. The molecule has 0 aromatic heterocycles. The number of carbonyl (C=O) groups excluding carboxylic acids is 2. The van der Waals surface area contributed by atoms with Gasteiger partial charge in [-0.05, 0) is 32.1 Å². The standard InChI is InChI=1S/C16H26O3.3CO.Fe/c1-3-5-7-11-16(19-15-18,12-8-6-4-2)13-9-10-14-17;3*1-2;/h9-10,13-14H,3-8,11-12H2,1-2H3;;;;/q-1;;;;. The normalized spacial score (nSPS) is 8.46. The molecule has 147 valence electrons. The maximum Gasteiger partial charge on any atom is 0 e. The van der Waals surface area contributed by atoms with Crippen molar-refractivity contribution in [3.05, 3.63) is 39.2 Å². The van der Waals surface area contributed by atoms with E-state index < -0.39 is 5.60 Å². The van der Waals surface area contributed by atoms with Crippen molar-refractivity contribution in [3.8, 4) is 0 Å².